The Hall–Kier alpha value is -1.76. The summed E-state index contributed by atoms with van der Waals surface area (Å²) in [5.41, 5.74) is 4.41. The molecule has 1 fully saturated rings. The van der Waals surface area contributed by atoms with Crippen LogP contribution < -0.4 is 5.73 Å². The first-order valence-electron chi connectivity index (χ1n) is 6.48. The van der Waals surface area contributed by atoms with E-state index in [9.17, 15) is 9.59 Å². The van der Waals surface area contributed by atoms with Crippen LogP contribution in [0.5, 0.6) is 0 Å². The van der Waals surface area contributed by atoms with Crippen molar-refractivity contribution < 1.29 is 24.2 Å². The van der Waals surface area contributed by atoms with E-state index in [1.807, 2.05) is 0 Å². The van der Waals surface area contributed by atoms with Gasteiger partial charge in [0.25, 0.3) is 0 Å². The Bertz CT molecular complexity index is 389. The number of aliphatic hydroxyl groups excluding tert-OH is 1. The van der Waals surface area contributed by atoms with Crippen molar-refractivity contribution in [1.82, 2.24) is 4.90 Å². The van der Waals surface area contributed by atoms with Crippen LogP contribution in [-0.4, -0.2) is 53.1 Å². The Morgan fingerprint density at radius 2 is 2.10 bits per heavy atom. The number of aliphatic hydroxyl groups is 1. The van der Waals surface area contributed by atoms with Gasteiger partial charge in [-0.25, -0.2) is 9.59 Å². The Kier molecular flexibility index (Phi) is 5.38. The number of nitrogens with two attached hydrogens (primary N) is 1. The average molecular weight is 286 g/mol. The summed E-state index contributed by atoms with van der Waals surface area (Å²) in [6, 6.07) is -0.482. The SMILES string of the molecule is CC(C)(C)OC(=O)N1CC[C@H](OC(N)=O)[C@@H]1/C=C\CO. The number of carbonyl (C=O) groups is 2. The molecule has 0 aromatic rings. The van der Waals surface area contributed by atoms with Crippen molar-refractivity contribution in [2.45, 2.75) is 44.9 Å². The van der Waals surface area contributed by atoms with E-state index in [0.29, 0.717) is 13.0 Å². The second-order valence-electron chi connectivity index (χ2n) is 5.54. The van der Waals surface area contributed by atoms with Crippen LogP contribution in [0.3, 0.4) is 0 Å². The molecule has 3 N–H and O–H groups in total. The van der Waals surface area contributed by atoms with Gasteiger partial charge in [0.05, 0.1) is 12.6 Å². The van der Waals surface area contributed by atoms with Gasteiger partial charge in [0.2, 0.25) is 0 Å². The lowest BCUT2D eigenvalue weighted by Gasteiger charge is -2.28. The molecule has 114 valence electrons. The lowest BCUT2D eigenvalue weighted by atomic mass is 10.1. The number of carbonyl (C=O) groups excluding carboxylic acids is 2. The van der Waals surface area contributed by atoms with Crippen LogP contribution in [0, 0.1) is 0 Å². The Labute approximate surface area is 118 Å². The number of amides is 2. The number of nitrogens with zero attached hydrogens (tertiary/aromatic N) is 1. The van der Waals surface area contributed by atoms with E-state index in [2.05, 4.69) is 0 Å². The standard InChI is InChI=1S/C13H22N2O5/c1-13(2,3)20-12(18)15-7-6-10(19-11(14)17)9(15)5-4-8-16/h4-5,9-10,16H,6-8H2,1-3H3,(H2,14,17)/b5-4-/t9-,10-/m0/s1. The highest BCUT2D eigenvalue weighted by Crippen LogP contribution is 2.24. The van der Waals surface area contributed by atoms with Crippen LogP contribution in [0.2, 0.25) is 0 Å². The maximum Gasteiger partial charge on any atom is 0.410 e. The van der Waals surface area contributed by atoms with Gasteiger partial charge >= 0.3 is 12.2 Å². The third kappa shape index (κ3) is 4.73. The van der Waals surface area contributed by atoms with Gasteiger partial charge in [0.1, 0.15) is 11.7 Å². The summed E-state index contributed by atoms with van der Waals surface area (Å²) >= 11 is 0. The van der Waals surface area contributed by atoms with Crippen molar-refractivity contribution in [3.63, 3.8) is 0 Å². The highest BCUT2D eigenvalue weighted by atomic mass is 16.6. The Morgan fingerprint density at radius 3 is 2.60 bits per heavy atom. The summed E-state index contributed by atoms with van der Waals surface area (Å²) in [6.07, 6.45) is 1.68. The first-order chi connectivity index (χ1) is 9.24. The van der Waals surface area contributed by atoms with Gasteiger partial charge in [-0.15, -0.1) is 0 Å². The van der Waals surface area contributed by atoms with Crippen molar-refractivity contribution in [3.05, 3.63) is 12.2 Å². The molecule has 0 bridgehead atoms. The van der Waals surface area contributed by atoms with Crippen LogP contribution in [0.1, 0.15) is 27.2 Å². The van der Waals surface area contributed by atoms with E-state index in [1.54, 1.807) is 26.8 Å². The topological polar surface area (TPSA) is 102 Å². The minimum Gasteiger partial charge on any atom is -0.444 e. The molecule has 1 heterocycles. The van der Waals surface area contributed by atoms with Gasteiger partial charge in [-0.2, -0.15) is 0 Å². The minimum atomic E-state index is -0.886. The lowest BCUT2D eigenvalue weighted by Crippen LogP contribution is -2.43. The van der Waals surface area contributed by atoms with Gasteiger partial charge in [-0.05, 0) is 20.8 Å². The fourth-order valence-corrected chi connectivity index (χ4v) is 2.03. The molecule has 2 atom stereocenters. The molecular formula is C13H22N2O5. The molecule has 2 amide bonds. The smallest absolute Gasteiger partial charge is 0.410 e. The molecule has 0 aromatic heterocycles. The van der Waals surface area contributed by atoms with Gasteiger partial charge < -0.3 is 20.3 Å². The van der Waals surface area contributed by atoms with Crippen molar-refractivity contribution in [2.75, 3.05) is 13.2 Å². The van der Waals surface area contributed by atoms with Crippen molar-refractivity contribution >= 4 is 12.2 Å². The van der Waals surface area contributed by atoms with E-state index in [-0.39, 0.29) is 6.61 Å². The van der Waals surface area contributed by atoms with Crippen LogP contribution in [0.15, 0.2) is 12.2 Å². The van der Waals surface area contributed by atoms with Crippen molar-refractivity contribution in [2.24, 2.45) is 5.73 Å². The van der Waals surface area contributed by atoms with Crippen molar-refractivity contribution in [3.8, 4) is 0 Å². The van der Waals surface area contributed by atoms with E-state index in [1.165, 1.54) is 11.0 Å². The molecule has 0 unspecified atom stereocenters. The van der Waals surface area contributed by atoms with Crippen LogP contribution in [0.25, 0.3) is 0 Å². The second-order valence-corrected chi connectivity index (χ2v) is 5.54. The van der Waals surface area contributed by atoms with E-state index in [4.69, 9.17) is 20.3 Å². The predicted octanol–water partition coefficient (Wildman–Crippen LogP) is 1.01. The molecule has 7 nitrogen and oxygen atoms in total. The van der Waals surface area contributed by atoms with Gasteiger partial charge in [-0.1, -0.05) is 12.2 Å². The summed E-state index contributed by atoms with van der Waals surface area (Å²) in [7, 11) is 0. The Morgan fingerprint density at radius 1 is 1.45 bits per heavy atom. The minimum absolute atomic E-state index is 0.165. The molecular weight excluding hydrogens is 264 g/mol. The summed E-state index contributed by atoms with van der Waals surface area (Å²) in [6.45, 7) is 5.56. The Balaban J connectivity index is 2.81. The molecule has 0 radical (unpaired) electrons. The van der Waals surface area contributed by atoms with E-state index in [0.717, 1.165) is 0 Å². The van der Waals surface area contributed by atoms with Crippen LogP contribution in [-0.2, 0) is 9.47 Å². The second kappa shape index (κ2) is 6.60. The van der Waals surface area contributed by atoms with E-state index >= 15 is 0 Å². The molecule has 20 heavy (non-hydrogen) atoms. The van der Waals surface area contributed by atoms with Crippen molar-refractivity contribution in [1.29, 1.82) is 0 Å². The number of hydrogen-bond donors (Lipinski definition) is 2. The van der Waals surface area contributed by atoms with Gasteiger partial charge in [-0.3, -0.25) is 4.90 Å². The summed E-state index contributed by atoms with van der Waals surface area (Å²) < 4.78 is 10.3. The molecule has 1 saturated heterocycles. The monoisotopic (exact) mass is 286 g/mol. The fraction of sp³-hybridized carbons (Fsp3) is 0.692. The lowest BCUT2D eigenvalue weighted by molar-refractivity contribution is 0.0192. The highest BCUT2D eigenvalue weighted by molar-refractivity contribution is 5.70. The fourth-order valence-electron chi connectivity index (χ4n) is 2.03. The number of rotatable bonds is 3. The zero-order chi connectivity index (χ0) is 15.3. The molecule has 1 aliphatic rings. The molecule has 0 spiro atoms. The molecule has 7 heteroatoms. The number of hydrogen-bond acceptors (Lipinski definition) is 5. The van der Waals surface area contributed by atoms with E-state index < -0.39 is 29.9 Å². The quantitative estimate of drug-likeness (QED) is 0.754. The normalized spacial score (nSPS) is 23.1. The molecule has 0 aromatic carbocycles. The third-order valence-corrected chi connectivity index (χ3v) is 2.73. The maximum atomic E-state index is 12.1. The first kappa shape index (κ1) is 16.3. The molecule has 1 rings (SSSR count). The molecule has 1 aliphatic heterocycles. The number of ether oxygens (including phenoxy) is 2. The zero-order valence-electron chi connectivity index (χ0n) is 12.0. The van der Waals surface area contributed by atoms with Gasteiger partial charge in [0, 0.05) is 13.0 Å². The van der Waals surface area contributed by atoms with Crippen LogP contribution >= 0.6 is 0 Å². The highest BCUT2D eigenvalue weighted by Gasteiger charge is 2.39. The summed E-state index contributed by atoms with van der Waals surface area (Å²) in [4.78, 5) is 24.4. The maximum absolute atomic E-state index is 12.1. The zero-order valence-corrected chi connectivity index (χ0v) is 12.0. The predicted molar refractivity (Wildman–Crippen MR) is 72.0 cm³/mol. The number of likely N-dealkylation sites (tertiary alicyclic amines) is 1. The van der Waals surface area contributed by atoms with Crippen LogP contribution in [0.4, 0.5) is 9.59 Å². The largest absolute Gasteiger partial charge is 0.444 e. The first-order valence-corrected chi connectivity index (χ1v) is 6.48. The summed E-state index contributed by atoms with van der Waals surface area (Å²) in [5.74, 6) is 0. The number of primary amides is 1. The summed E-state index contributed by atoms with van der Waals surface area (Å²) in [5, 5.41) is 8.85. The molecule has 0 aliphatic carbocycles. The average Bonchev–Trinajstić information content (AvgIpc) is 2.66. The molecule has 0 saturated carbocycles. The third-order valence-electron chi connectivity index (χ3n) is 2.73. The van der Waals surface area contributed by atoms with Gasteiger partial charge in [0.15, 0.2) is 0 Å².